The van der Waals surface area contributed by atoms with Gasteiger partial charge in [0.15, 0.2) is 5.11 Å². The maximum Gasteiger partial charge on any atom is 0.228 e. The lowest BCUT2D eigenvalue weighted by Crippen LogP contribution is -2.31. The molecule has 4 nitrogen and oxygen atoms in total. The molecule has 0 aliphatic carbocycles. The molecule has 0 aliphatic heterocycles. The Morgan fingerprint density at radius 3 is 2.67 bits per heavy atom. The number of nitrogens with zero attached hydrogens (tertiary/aromatic N) is 2. The van der Waals surface area contributed by atoms with Gasteiger partial charge in [0.2, 0.25) is 5.88 Å². The number of nitrogens with one attached hydrogen (secondary N) is 1. The number of ether oxygens (including phenoxy) is 1. The average molecular weight is 408 g/mol. The molecule has 1 atom stereocenters. The average Bonchev–Trinajstić information content (AvgIpc) is 2.59. The van der Waals surface area contributed by atoms with Gasteiger partial charge in [-0.25, -0.2) is 4.98 Å². The van der Waals surface area contributed by atoms with Crippen LogP contribution in [0.25, 0.3) is 0 Å². The minimum Gasteiger partial charge on any atom is -0.469 e. The Bertz CT molecular complexity index is 709. The molecule has 0 spiro atoms. The lowest BCUT2D eigenvalue weighted by Gasteiger charge is -2.21. The first-order valence-electron chi connectivity index (χ1n) is 7.83. The lowest BCUT2D eigenvalue weighted by atomic mass is 10.1. The number of rotatable bonds is 5. The zero-order valence-electron chi connectivity index (χ0n) is 14.3. The third-order valence-corrected chi connectivity index (χ3v) is 4.74. The van der Waals surface area contributed by atoms with E-state index in [1.807, 2.05) is 62.2 Å². The summed E-state index contributed by atoms with van der Waals surface area (Å²) in [5, 5.41) is 3.89. The quantitative estimate of drug-likeness (QED) is 0.710. The summed E-state index contributed by atoms with van der Waals surface area (Å²) in [5.41, 5.74) is 2.81. The van der Waals surface area contributed by atoms with Gasteiger partial charge < -0.3 is 15.0 Å². The molecule has 128 valence electrons. The summed E-state index contributed by atoms with van der Waals surface area (Å²) < 4.78 is 6.80. The van der Waals surface area contributed by atoms with Crippen molar-refractivity contribution in [1.29, 1.82) is 0 Å². The van der Waals surface area contributed by atoms with E-state index in [4.69, 9.17) is 17.0 Å². The van der Waals surface area contributed by atoms with Crippen LogP contribution in [0.4, 0.5) is 5.69 Å². The van der Waals surface area contributed by atoms with Gasteiger partial charge in [-0.1, -0.05) is 30.3 Å². The Morgan fingerprint density at radius 2 is 2.04 bits per heavy atom. The zero-order valence-corrected chi connectivity index (χ0v) is 16.7. The number of anilines is 1. The molecule has 24 heavy (non-hydrogen) atoms. The van der Waals surface area contributed by atoms with E-state index >= 15 is 0 Å². The lowest BCUT2D eigenvalue weighted by molar-refractivity contribution is 0.215. The summed E-state index contributed by atoms with van der Waals surface area (Å²) in [7, 11) is 1.95. The van der Waals surface area contributed by atoms with Gasteiger partial charge in [0, 0.05) is 13.6 Å². The molecule has 1 aromatic carbocycles. The predicted octanol–water partition coefficient (Wildman–Crippen LogP) is 4.94. The van der Waals surface area contributed by atoms with Crippen molar-refractivity contribution in [1.82, 2.24) is 9.88 Å². The van der Waals surface area contributed by atoms with E-state index in [0.29, 0.717) is 11.0 Å². The maximum atomic E-state index is 6.01. The molecule has 0 fully saturated rings. The topological polar surface area (TPSA) is 37.4 Å². The standard InChI is InChI=1S/C18H22BrN3OS/c1-5-22(4)18(24)21-16-11-15(19)17(20-12(16)2)23-13(3)14-9-7-6-8-10-14/h6-11,13H,5H2,1-4H3,(H,21,24). The highest BCUT2D eigenvalue weighted by molar-refractivity contribution is 9.10. The monoisotopic (exact) mass is 407 g/mol. The van der Waals surface area contributed by atoms with Crippen molar-refractivity contribution in [3.8, 4) is 5.88 Å². The Labute approximate surface area is 157 Å². The third kappa shape index (κ3) is 4.68. The van der Waals surface area contributed by atoms with Gasteiger partial charge in [0.25, 0.3) is 0 Å². The summed E-state index contributed by atoms with van der Waals surface area (Å²) in [5.74, 6) is 0.573. The highest BCUT2D eigenvalue weighted by Gasteiger charge is 2.14. The molecule has 2 aromatic rings. The molecule has 1 heterocycles. The number of hydrogen-bond donors (Lipinski definition) is 1. The number of pyridine rings is 1. The second-order valence-corrected chi connectivity index (χ2v) is 6.76. The van der Waals surface area contributed by atoms with E-state index in [0.717, 1.165) is 28.0 Å². The Hall–Kier alpha value is -1.66. The van der Waals surface area contributed by atoms with Crippen LogP contribution in [-0.2, 0) is 0 Å². The Balaban J connectivity index is 2.16. The van der Waals surface area contributed by atoms with Crippen LogP contribution >= 0.6 is 28.1 Å². The SMILES string of the molecule is CCN(C)C(=S)Nc1cc(Br)c(OC(C)c2ccccc2)nc1C. The summed E-state index contributed by atoms with van der Waals surface area (Å²) in [6.07, 6.45) is -0.0829. The number of aryl methyl sites for hydroxylation is 1. The Morgan fingerprint density at radius 1 is 1.38 bits per heavy atom. The molecule has 0 bridgehead atoms. The van der Waals surface area contributed by atoms with Gasteiger partial charge in [0.1, 0.15) is 6.10 Å². The van der Waals surface area contributed by atoms with Crippen LogP contribution in [-0.4, -0.2) is 28.6 Å². The van der Waals surface area contributed by atoms with Gasteiger partial charge in [-0.05, 0) is 60.5 Å². The van der Waals surface area contributed by atoms with Crippen molar-refractivity contribution >= 4 is 38.9 Å². The van der Waals surface area contributed by atoms with Crippen molar-refractivity contribution in [3.05, 3.63) is 52.1 Å². The number of thiocarbonyl (C=S) groups is 1. The number of hydrogen-bond acceptors (Lipinski definition) is 3. The normalized spacial score (nSPS) is 11.7. The summed E-state index contributed by atoms with van der Waals surface area (Å²) in [6, 6.07) is 12.0. The molecule has 6 heteroatoms. The third-order valence-electron chi connectivity index (χ3n) is 3.75. The fraction of sp³-hybridized carbons (Fsp3) is 0.333. The van der Waals surface area contributed by atoms with Crippen LogP contribution in [0.1, 0.15) is 31.2 Å². The molecule has 0 saturated heterocycles. The van der Waals surface area contributed by atoms with E-state index in [9.17, 15) is 0 Å². The van der Waals surface area contributed by atoms with E-state index in [1.54, 1.807) is 0 Å². The van der Waals surface area contributed by atoms with Crippen LogP contribution in [0.5, 0.6) is 5.88 Å². The van der Waals surface area contributed by atoms with Crippen LogP contribution in [0.3, 0.4) is 0 Å². The van der Waals surface area contributed by atoms with Crippen molar-refractivity contribution in [2.75, 3.05) is 18.9 Å². The first-order chi connectivity index (χ1) is 11.4. The molecular weight excluding hydrogens is 386 g/mol. The fourth-order valence-corrected chi connectivity index (χ4v) is 2.73. The first kappa shape index (κ1) is 18.7. The Kier molecular flexibility index (Phi) is 6.57. The van der Waals surface area contributed by atoms with Crippen molar-refractivity contribution in [2.45, 2.75) is 26.9 Å². The maximum absolute atomic E-state index is 6.01. The van der Waals surface area contributed by atoms with E-state index in [-0.39, 0.29) is 6.10 Å². The summed E-state index contributed by atoms with van der Waals surface area (Å²) >= 11 is 8.91. The summed E-state index contributed by atoms with van der Waals surface area (Å²) in [6.45, 7) is 6.84. The van der Waals surface area contributed by atoms with Gasteiger partial charge in [-0.3, -0.25) is 0 Å². The zero-order chi connectivity index (χ0) is 17.7. The van der Waals surface area contributed by atoms with Crippen molar-refractivity contribution in [2.24, 2.45) is 0 Å². The van der Waals surface area contributed by atoms with Crippen LogP contribution in [0.2, 0.25) is 0 Å². The highest BCUT2D eigenvalue weighted by atomic mass is 79.9. The molecule has 0 aliphatic rings. The van der Waals surface area contributed by atoms with E-state index in [2.05, 4.69) is 33.2 Å². The number of benzene rings is 1. The molecule has 0 saturated carbocycles. The molecule has 1 N–H and O–H groups in total. The minimum atomic E-state index is -0.0829. The second-order valence-electron chi connectivity index (χ2n) is 5.52. The van der Waals surface area contributed by atoms with Gasteiger partial charge in [0.05, 0.1) is 15.9 Å². The van der Waals surface area contributed by atoms with Gasteiger partial charge in [-0.2, -0.15) is 0 Å². The molecule has 2 rings (SSSR count). The molecule has 0 amide bonds. The molecule has 0 radical (unpaired) electrons. The second kappa shape index (κ2) is 8.44. The minimum absolute atomic E-state index is 0.0829. The molecular formula is C18H22BrN3OS. The van der Waals surface area contributed by atoms with Crippen LogP contribution < -0.4 is 10.1 Å². The van der Waals surface area contributed by atoms with Gasteiger partial charge in [-0.15, -0.1) is 0 Å². The molecule has 1 unspecified atom stereocenters. The predicted molar refractivity (Wildman–Crippen MR) is 107 cm³/mol. The van der Waals surface area contributed by atoms with Crippen LogP contribution in [0, 0.1) is 6.92 Å². The molecule has 1 aromatic heterocycles. The van der Waals surface area contributed by atoms with Crippen molar-refractivity contribution < 1.29 is 4.74 Å². The fourth-order valence-electron chi connectivity index (χ4n) is 2.08. The van der Waals surface area contributed by atoms with E-state index < -0.39 is 0 Å². The van der Waals surface area contributed by atoms with Gasteiger partial charge >= 0.3 is 0 Å². The van der Waals surface area contributed by atoms with E-state index in [1.165, 1.54) is 0 Å². The van der Waals surface area contributed by atoms with Crippen molar-refractivity contribution in [3.63, 3.8) is 0 Å². The van der Waals surface area contributed by atoms with Crippen LogP contribution in [0.15, 0.2) is 40.9 Å². The number of halogens is 1. The highest BCUT2D eigenvalue weighted by Crippen LogP contribution is 2.31. The smallest absolute Gasteiger partial charge is 0.228 e. The summed E-state index contributed by atoms with van der Waals surface area (Å²) in [4.78, 5) is 6.53. The number of aromatic nitrogens is 1. The first-order valence-corrected chi connectivity index (χ1v) is 9.03. The largest absolute Gasteiger partial charge is 0.469 e.